The van der Waals surface area contributed by atoms with Crippen molar-refractivity contribution in [1.82, 2.24) is 20.0 Å². The highest BCUT2D eigenvalue weighted by Crippen LogP contribution is 2.29. The highest BCUT2D eigenvalue weighted by Gasteiger charge is 2.30. The van der Waals surface area contributed by atoms with Crippen LogP contribution < -0.4 is 15.8 Å². The summed E-state index contributed by atoms with van der Waals surface area (Å²) in [4.78, 5) is 30.9. The van der Waals surface area contributed by atoms with Gasteiger partial charge in [-0.3, -0.25) is 9.69 Å². The number of hydrogen-bond acceptors (Lipinski definition) is 6. The summed E-state index contributed by atoms with van der Waals surface area (Å²) in [7, 11) is 3.27. The average molecular weight is 454 g/mol. The number of hydrogen-bond donors (Lipinski definition) is 3. The van der Waals surface area contributed by atoms with E-state index in [-0.39, 0.29) is 28.6 Å². The number of nitrogens with one attached hydrogen (secondary N) is 1. The maximum atomic E-state index is 12.7. The van der Waals surface area contributed by atoms with Gasteiger partial charge in [0, 0.05) is 52.4 Å². The summed E-state index contributed by atoms with van der Waals surface area (Å²) in [6.07, 6.45) is 2.02. The third kappa shape index (κ3) is 5.72. The molecule has 3 amide bonds. The number of aliphatic hydroxyl groups excluding tert-OH is 1. The van der Waals surface area contributed by atoms with Crippen molar-refractivity contribution >= 4 is 29.2 Å². The lowest BCUT2D eigenvalue weighted by Gasteiger charge is -2.37. The van der Waals surface area contributed by atoms with Crippen molar-refractivity contribution in [2.24, 2.45) is 0 Å². The largest absolute Gasteiger partial charge is 0.496 e. The molecule has 10 heteroatoms. The molecule has 1 aromatic rings. The van der Waals surface area contributed by atoms with E-state index in [0.717, 1.165) is 25.9 Å². The molecule has 0 saturated carbocycles. The molecule has 2 atom stereocenters. The molecule has 2 aliphatic rings. The summed E-state index contributed by atoms with van der Waals surface area (Å²) in [5.41, 5.74) is 6.38. The number of carbonyl (C=O) groups excluding carboxylic acids is 2. The molecule has 3 rings (SSSR count). The summed E-state index contributed by atoms with van der Waals surface area (Å²) in [6, 6.07) is 2.67. The van der Waals surface area contributed by atoms with Crippen LogP contribution in [0.4, 0.5) is 10.5 Å². The van der Waals surface area contributed by atoms with Crippen LogP contribution in [0.1, 0.15) is 29.6 Å². The number of nitrogens with zero attached hydrogens (tertiary/aromatic N) is 3. The standard InChI is InChI=1S/C21H32ClN5O4/c1-25(21(30)27-6-3-4-7-27)9-10-26-8-5-17(18(28)13-26)24-20(29)14-11-15(22)16(23)12-19(14)31-2/h11-12,17-18,28H,3-10,13,23H2,1-2H3,(H,24,29)/t17-,18+/m0/s1. The molecule has 0 aromatic heterocycles. The number of carbonyl (C=O) groups is 2. The summed E-state index contributed by atoms with van der Waals surface area (Å²) in [6.45, 7) is 4.08. The van der Waals surface area contributed by atoms with Gasteiger partial charge in [-0.2, -0.15) is 0 Å². The minimum Gasteiger partial charge on any atom is -0.496 e. The molecule has 2 fully saturated rings. The van der Waals surface area contributed by atoms with E-state index in [4.69, 9.17) is 22.1 Å². The molecule has 2 heterocycles. The van der Waals surface area contributed by atoms with Crippen LogP contribution in [0.25, 0.3) is 0 Å². The molecule has 31 heavy (non-hydrogen) atoms. The molecule has 0 bridgehead atoms. The number of ether oxygens (including phenoxy) is 1. The minimum atomic E-state index is -0.715. The summed E-state index contributed by atoms with van der Waals surface area (Å²) in [5.74, 6) is -0.0378. The fraction of sp³-hybridized carbons (Fsp3) is 0.619. The fourth-order valence-electron chi connectivity index (χ4n) is 4.07. The van der Waals surface area contributed by atoms with Gasteiger partial charge in [0.1, 0.15) is 5.75 Å². The zero-order valence-electron chi connectivity index (χ0n) is 18.1. The van der Waals surface area contributed by atoms with Crippen LogP contribution in [0.5, 0.6) is 5.75 Å². The number of halogens is 1. The van der Waals surface area contributed by atoms with Crippen molar-refractivity contribution in [3.8, 4) is 5.75 Å². The van der Waals surface area contributed by atoms with Gasteiger partial charge in [-0.1, -0.05) is 11.6 Å². The first-order valence-corrected chi connectivity index (χ1v) is 11.0. The lowest BCUT2D eigenvalue weighted by Crippen LogP contribution is -2.55. The molecule has 0 aliphatic carbocycles. The van der Waals surface area contributed by atoms with Gasteiger partial charge < -0.3 is 30.7 Å². The zero-order chi connectivity index (χ0) is 22.5. The monoisotopic (exact) mass is 453 g/mol. The number of aliphatic hydroxyl groups is 1. The van der Waals surface area contributed by atoms with Crippen molar-refractivity contribution < 1.29 is 19.4 Å². The van der Waals surface area contributed by atoms with E-state index >= 15 is 0 Å². The molecule has 0 spiro atoms. The smallest absolute Gasteiger partial charge is 0.319 e. The van der Waals surface area contributed by atoms with Crippen LogP contribution in [0, 0.1) is 0 Å². The number of rotatable bonds is 6. The van der Waals surface area contributed by atoms with Gasteiger partial charge in [0.05, 0.1) is 35.5 Å². The second-order valence-corrected chi connectivity index (χ2v) is 8.62. The molecule has 1 aromatic carbocycles. The lowest BCUT2D eigenvalue weighted by molar-refractivity contribution is 0.0356. The quantitative estimate of drug-likeness (QED) is 0.559. The normalized spacial score (nSPS) is 21.7. The Bertz CT molecular complexity index is 802. The van der Waals surface area contributed by atoms with E-state index in [1.54, 1.807) is 4.90 Å². The number of likely N-dealkylation sites (N-methyl/N-ethyl adjacent to an activating group) is 1. The molecular formula is C21H32ClN5O4. The molecule has 0 radical (unpaired) electrons. The minimum absolute atomic E-state index is 0.0660. The van der Waals surface area contributed by atoms with Gasteiger partial charge in [0.25, 0.3) is 5.91 Å². The second-order valence-electron chi connectivity index (χ2n) is 8.21. The van der Waals surface area contributed by atoms with E-state index < -0.39 is 6.10 Å². The van der Waals surface area contributed by atoms with Crippen LogP contribution in [-0.4, -0.2) is 97.3 Å². The number of urea groups is 1. The van der Waals surface area contributed by atoms with Crippen LogP contribution in [0.15, 0.2) is 12.1 Å². The van der Waals surface area contributed by atoms with Gasteiger partial charge in [0.15, 0.2) is 0 Å². The Hall–Kier alpha value is -2.23. The van der Waals surface area contributed by atoms with E-state index in [1.165, 1.54) is 19.2 Å². The number of benzene rings is 1. The summed E-state index contributed by atoms with van der Waals surface area (Å²) < 4.78 is 5.24. The van der Waals surface area contributed by atoms with Crippen molar-refractivity contribution in [2.75, 3.05) is 59.2 Å². The molecule has 4 N–H and O–H groups in total. The Morgan fingerprint density at radius 2 is 2.03 bits per heavy atom. The van der Waals surface area contributed by atoms with Crippen LogP contribution in [0.2, 0.25) is 5.02 Å². The Balaban J connectivity index is 1.49. The zero-order valence-corrected chi connectivity index (χ0v) is 18.9. The van der Waals surface area contributed by atoms with Crippen LogP contribution in [0.3, 0.4) is 0 Å². The number of methoxy groups -OCH3 is 1. The molecular weight excluding hydrogens is 422 g/mol. The van der Waals surface area contributed by atoms with Crippen molar-refractivity contribution in [3.63, 3.8) is 0 Å². The predicted molar refractivity (Wildman–Crippen MR) is 120 cm³/mol. The van der Waals surface area contributed by atoms with Gasteiger partial charge in [-0.15, -0.1) is 0 Å². The Morgan fingerprint density at radius 3 is 2.68 bits per heavy atom. The van der Waals surface area contributed by atoms with E-state index in [0.29, 0.717) is 44.0 Å². The number of nitrogens with two attached hydrogens (primary N) is 1. The van der Waals surface area contributed by atoms with Gasteiger partial charge >= 0.3 is 6.03 Å². The molecule has 2 saturated heterocycles. The van der Waals surface area contributed by atoms with Crippen LogP contribution in [-0.2, 0) is 0 Å². The highest BCUT2D eigenvalue weighted by molar-refractivity contribution is 6.33. The van der Waals surface area contributed by atoms with Gasteiger partial charge in [-0.05, 0) is 25.3 Å². The van der Waals surface area contributed by atoms with E-state index in [2.05, 4.69) is 10.2 Å². The maximum Gasteiger partial charge on any atom is 0.319 e. The number of likely N-dealkylation sites (tertiary alicyclic amines) is 2. The Labute approximate surface area is 188 Å². The van der Waals surface area contributed by atoms with Crippen LogP contribution >= 0.6 is 11.6 Å². The third-order valence-corrected chi connectivity index (χ3v) is 6.33. The number of amides is 3. The highest BCUT2D eigenvalue weighted by atomic mass is 35.5. The maximum absolute atomic E-state index is 12.7. The number of β-amino-alcohol motifs (C(OH)–C–C–N with tert-alkyl or cyclic N) is 1. The van der Waals surface area contributed by atoms with Gasteiger partial charge in [0.2, 0.25) is 0 Å². The molecule has 2 aliphatic heterocycles. The summed E-state index contributed by atoms with van der Waals surface area (Å²) in [5, 5.41) is 13.7. The lowest BCUT2D eigenvalue weighted by atomic mass is 10.0. The fourth-order valence-corrected chi connectivity index (χ4v) is 4.23. The number of nitrogen functional groups attached to an aromatic ring is 1. The van der Waals surface area contributed by atoms with E-state index in [9.17, 15) is 14.7 Å². The number of piperidine rings is 1. The summed E-state index contributed by atoms with van der Waals surface area (Å²) >= 11 is 6.05. The SMILES string of the molecule is COc1cc(N)c(Cl)cc1C(=O)N[C@H]1CCN(CCN(C)C(=O)N2CCCC2)C[C@H]1O. The number of anilines is 1. The molecule has 9 nitrogen and oxygen atoms in total. The third-order valence-electron chi connectivity index (χ3n) is 6.00. The molecule has 172 valence electrons. The topological polar surface area (TPSA) is 111 Å². The van der Waals surface area contributed by atoms with Crippen molar-refractivity contribution in [3.05, 3.63) is 22.7 Å². The van der Waals surface area contributed by atoms with Gasteiger partial charge in [-0.25, -0.2) is 4.79 Å². The predicted octanol–water partition coefficient (Wildman–Crippen LogP) is 1.24. The van der Waals surface area contributed by atoms with E-state index in [1.807, 2.05) is 11.9 Å². The second kappa shape index (κ2) is 10.4. The Morgan fingerprint density at radius 1 is 1.32 bits per heavy atom. The Kier molecular flexibility index (Phi) is 7.85. The first-order valence-electron chi connectivity index (χ1n) is 10.6. The van der Waals surface area contributed by atoms with Crippen molar-refractivity contribution in [2.45, 2.75) is 31.4 Å². The average Bonchev–Trinajstić information content (AvgIpc) is 3.29. The molecule has 0 unspecified atom stereocenters. The first kappa shape index (κ1) is 23.4. The first-order chi connectivity index (χ1) is 14.8. The van der Waals surface area contributed by atoms with Crippen molar-refractivity contribution in [1.29, 1.82) is 0 Å².